The van der Waals surface area contributed by atoms with Crippen LogP contribution in [-0.4, -0.2) is 66.4 Å². The van der Waals surface area contributed by atoms with Crippen LogP contribution >= 0.6 is 11.6 Å². The first kappa shape index (κ1) is 26.0. The van der Waals surface area contributed by atoms with Gasteiger partial charge in [-0.3, -0.25) is 0 Å². The minimum Gasteiger partial charge on any atom is -0.508 e. The van der Waals surface area contributed by atoms with Crippen molar-refractivity contribution in [1.29, 1.82) is 0 Å². The highest BCUT2D eigenvalue weighted by Crippen LogP contribution is 2.42. The molecular formula is C29H29ClFN5O2. The number of fused-ring (bicyclic) bond motifs is 2. The lowest BCUT2D eigenvalue weighted by molar-refractivity contribution is 0.264. The number of phenols is 1. The van der Waals surface area contributed by atoms with Gasteiger partial charge in [0.2, 0.25) is 6.04 Å². The Morgan fingerprint density at radius 3 is 2.82 bits per heavy atom. The van der Waals surface area contributed by atoms with Gasteiger partial charge in [0.15, 0.2) is 5.82 Å². The first-order chi connectivity index (χ1) is 18.4. The van der Waals surface area contributed by atoms with Crippen molar-refractivity contribution in [3.8, 4) is 22.9 Å². The van der Waals surface area contributed by atoms with E-state index in [0.29, 0.717) is 36.5 Å². The number of benzene rings is 3. The van der Waals surface area contributed by atoms with Crippen LogP contribution in [-0.2, 0) is 0 Å². The number of hydrogen-bond acceptors (Lipinski definition) is 6. The van der Waals surface area contributed by atoms with Gasteiger partial charge in [0.1, 0.15) is 17.1 Å². The van der Waals surface area contributed by atoms with Crippen LogP contribution in [0.3, 0.4) is 0 Å². The first-order valence-electron chi connectivity index (χ1n) is 12.7. The monoisotopic (exact) mass is 533 g/mol. The largest absolute Gasteiger partial charge is 0.508 e. The molecule has 1 N–H and O–H groups in total. The topological polar surface area (TPSA) is 66.1 Å². The van der Waals surface area contributed by atoms with E-state index in [0.717, 1.165) is 36.6 Å². The van der Waals surface area contributed by atoms with E-state index in [1.165, 1.54) is 6.07 Å². The van der Waals surface area contributed by atoms with E-state index in [2.05, 4.69) is 19.7 Å². The van der Waals surface area contributed by atoms with Crippen molar-refractivity contribution in [2.75, 3.05) is 45.2 Å². The Balaban J connectivity index is 1.68. The van der Waals surface area contributed by atoms with Crippen LogP contribution in [0.4, 0.5) is 10.2 Å². The van der Waals surface area contributed by atoms with Gasteiger partial charge in [-0.05, 0) is 61.5 Å². The summed E-state index contributed by atoms with van der Waals surface area (Å²) in [7, 11) is 3.97. The molecule has 0 radical (unpaired) electrons. The summed E-state index contributed by atoms with van der Waals surface area (Å²) in [6.07, 6.45) is 2.42. The van der Waals surface area contributed by atoms with Gasteiger partial charge < -0.3 is 24.5 Å². The molecule has 0 spiro atoms. The molecule has 0 unspecified atom stereocenters. The average molecular weight is 534 g/mol. The van der Waals surface area contributed by atoms with Crippen molar-refractivity contribution in [3.05, 3.63) is 64.7 Å². The predicted octanol–water partition coefficient (Wildman–Crippen LogP) is 6.17. The summed E-state index contributed by atoms with van der Waals surface area (Å²) in [5, 5.41) is 12.6. The molecule has 4 aromatic rings. The van der Waals surface area contributed by atoms with E-state index in [1.807, 2.05) is 43.3 Å². The van der Waals surface area contributed by atoms with Gasteiger partial charge in [-0.25, -0.2) is 11.0 Å². The summed E-state index contributed by atoms with van der Waals surface area (Å²) in [5.41, 5.74) is 0.728. The van der Waals surface area contributed by atoms with Crippen molar-refractivity contribution in [2.45, 2.75) is 25.3 Å². The molecule has 1 saturated heterocycles. The Morgan fingerprint density at radius 1 is 1.21 bits per heavy atom. The van der Waals surface area contributed by atoms with Crippen molar-refractivity contribution in [1.82, 2.24) is 14.9 Å². The molecule has 1 aliphatic heterocycles. The van der Waals surface area contributed by atoms with Gasteiger partial charge >= 0.3 is 6.01 Å². The smallest absolute Gasteiger partial charge is 0.319 e. The summed E-state index contributed by atoms with van der Waals surface area (Å²) in [6, 6.07) is 12.2. The summed E-state index contributed by atoms with van der Waals surface area (Å²) in [4.78, 5) is 16.9. The number of nitrogens with zero attached hydrogens (tertiary/aromatic N) is 5. The number of aromatic hydroxyl groups is 1. The number of ether oxygens (including phenoxy) is 1. The molecule has 9 heteroatoms. The van der Waals surface area contributed by atoms with Crippen LogP contribution in [0.25, 0.3) is 37.6 Å². The van der Waals surface area contributed by atoms with Gasteiger partial charge in [0, 0.05) is 30.5 Å². The minimum absolute atomic E-state index is 0.0149. The molecule has 1 aromatic heterocycles. The van der Waals surface area contributed by atoms with Crippen LogP contribution in [0.2, 0.25) is 5.02 Å². The highest BCUT2D eigenvalue weighted by molar-refractivity contribution is 6.35. The summed E-state index contributed by atoms with van der Waals surface area (Å²) >= 11 is 6.75. The van der Waals surface area contributed by atoms with E-state index in [9.17, 15) is 5.11 Å². The van der Waals surface area contributed by atoms with E-state index < -0.39 is 5.82 Å². The molecule has 1 atom stereocenters. The van der Waals surface area contributed by atoms with Crippen LogP contribution in [0.15, 0.2) is 42.5 Å². The standard InChI is InChI=1S/C29H29ClFN5O2/c1-32-19-9-6-12-36(17-19)28-23-16-24(30)25(22-15-20(37)14-18-8-4-5-10-21(18)22)26(31)27(23)33-29(34-28)38-13-7-11-35(2)3/h4-5,8,10,14-16,19,37H,6-7,9,11-13,17H2,2-3H3/t19-/m1/s1. The normalized spacial score (nSPS) is 15.8. The third-order valence-electron chi connectivity index (χ3n) is 6.82. The van der Waals surface area contributed by atoms with Crippen molar-refractivity contribution in [3.63, 3.8) is 0 Å². The van der Waals surface area contributed by atoms with E-state index >= 15 is 4.39 Å². The van der Waals surface area contributed by atoms with Gasteiger partial charge in [-0.15, -0.1) is 0 Å². The number of halogens is 2. The van der Waals surface area contributed by atoms with Gasteiger partial charge in [0.05, 0.1) is 18.2 Å². The number of phenolic OH excluding ortho intramolecular Hbond substituents is 1. The number of anilines is 1. The molecule has 7 nitrogen and oxygen atoms in total. The number of piperidine rings is 1. The Morgan fingerprint density at radius 2 is 2.03 bits per heavy atom. The molecule has 0 aliphatic carbocycles. The van der Waals surface area contributed by atoms with Crippen molar-refractivity contribution < 1.29 is 14.2 Å². The Labute approximate surface area is 226 Å². The molecule has 0 bridgehead atoms. The molecular weight excluding hydrogens is 505 g/mol. The molecule has 1 fully saturated rings. The zero-order chi connectivity index (χ0) is 26.8. The molecule has 196 valence electrons. The SMILES string of the molecule is [C-]#[N+][C@@H]1CCCN(c2nc(OCCCN(C)C)nc3c(F)c(-c4cc(O)cc5ccccc45)c(Cl)cc23)C1. The van der Waals surface area contributed by atoms with Crippen LogP contribution < -0.4 is 9.64 Å². The average Bonchev–Trinajstić information content (AvgIpc) is 2.91. The third kappa shape index (κ3) is 5.17. The molecule has 38 heavy (non-hydrogen) atoms. The third-order valence-corrected chi connectivity index (χ3v) is 7.12. The first-order valence-corrected chi connectivity index (χ1v) is 13.0. The van der Waals surface area contributed by atoms with Crippen LogP contribution in [0, 0.1) is 12.4 Å². The maximum Gasteiger partial charge on any atom is 0.319 e. The summed E-state index contributed by atoms with van der Waals surface area (Å²) in [6.45, 7) is 9.91. The lowest BCUT2D eigenvalue weighted by atomic mass is 9.96. The maximum atomic E-state index is 16.5. The zero-order valence-corrected chi connectivity index (χ0v) is 22.2. The minimum atomic E-state index is -0.608. The molecule has 0 saturated carbocycles. The lowest BCUT2D eigenvalue weighted by Crippen LogP contribution is -2.37. The highest BCUT2D eigenvalue weighted by Gasteiger charge is 2.28. The quantitative estimate of drug-likeness (QED) is 0.226. The molecule has 5 rings (SSSR count). The molecule has 1 aliphatic rings. The summed E-state index contributed by atoms with van der Waals surface area (Å²) < 4.78 is 22.3. The molecule has 3 aromatic carbocycles. The molecule has 0 amide bonds. The second kappa shape index (κ2) is 11.0. The second-order valence-corrected chi connectivity index (χ2v) is 10.3. The Bertz CT molecular complexity index is 1540. The van der Waals surface area contributed by atoms with Crippen LogP contribution in [0.5, 0.6) is 11.8 Å². The number of rotatable bonds is 7. The molecule has 2 heterocycles. The number of aromatic nitrogens is 2. The fraction of sp³-hybridized carbons (Fsp3) is 0.345. The van der Waals surface area contributed by atoms with E-state index in [1.54, 1.807) is 12.1 Å². The van der Waals surface area contributed by atoms with E-state index in [4.69, 9.17) is 22.9 Å². The predicted molar refractivity (Wildman–Crippen MR) is 150 cm³/mol. The fourth-order valence-corrected chi connectivity index (χ4v) is 5.30. The van der Waals surface area contributed by atoms with Crippen molar-refractivity contribution in [2.24, 2.45) is 0 Å². The lowest BCUT2D eigenvalue weighted by Gasteiger charge is -2.29. The van der Waals surface area contributed by atoms with Gasteiger partial charge in [-0.1, -0.05) is 35.9 Å². The van der Waals surface area contributed by atoms with Crippen LogP contribution in [0.1, 0.15) is 19.3 Å². The Kier molecular flexibility index (Phi) is 7.50. The Hall–Kier alpha value is -3.67. The zero-order valence-electron chi connectivity index (χ0n) is 21.4. The second-order valence-electron chi connectivity index (χ2n) is 9.86. The van der Waals surface area contributed by atoms with Gasteiger partial charge in [0.25, 0.3) is 0 Å². The fourth-order valence-electron chi connectivity index (χ4n) is 5.01. The van der Waals surface area contributed by atoms with Crippen molar-refractivity contribution >= 4 is 39.1 Å². The summed E-state index contributed by atoms with van der Waals surface area (Å²) in [5.74, 6) is -0.0797. The van der Waals surface area contributed by atoms with Gasteiger partial charge in [-0.2, -0.15) is 9.97 Å². The number of hydrogen-bond donors (Lipinski definition) is 1. The maximum absolute atomic E-state index is 16.5. The van der Waals surface area contributed by atoms with E-state index in [-0.39, 0.29) is 33.9 Å². The highest BCUT2D eigenvalue weighted by atomic mass is 35.5.